The van der Waals surface area contributed by atoms with Gasteiger partial charge in [-0.15, -0.1) is 0 Å². The number of alkyl halides is 1. The van der Waals surface area contributed by atoms with E-state index >= 15 is 4.39 Å². The summed E-state index contributed by atoms with van der Waals surface area (Å²) in [6.07, 6.45) is 3.59. The molecule has 0 saturated heterocycles. The van der Waals surface area contributed by atoms with Gasteiger partial charge in [-0.05, 0) is 34.9 Å². The minimum Gasteiger partial charge on any atom is -0.393 e. The summed E-state index contributed by atoms with van der Waals surface area (Å²) in [5.74, 6) is -0.831. The maximum Gasteiger partial charge on any atom is 0.267 e. The Balaban J connectivity index is 1.96. The highest BCUT2D eigenvalue weighted by Crippen LogP contribution is 2.37. The van der Waals surface area contributed by atoms with Gasteiger partial charge in [0, 0.05) is 6.42 Å². The van der Waals surface area contributed by atoms with Crippen LogP contribution >= 0.6 is 0 Å². The molecule has 0 aliphatic heterocycles. The third-order valence-electron chi connectivity index (χ3n) is 4.34. The summed E-state index contributed by atoms with van der Waals surface area (Å²) in [5.41, 5.74) is 5.19. The van der Waals surface area contributed by atoms with Crippen LogP contribution in [0.4, 0.5) is 4.39 Å². The highest BCUT2D eigenvalue weighted by molar-refractivity contribution is 5.91. The number of rotatable bonds is 5. The van der Waals surface area contributed by atoms with Gasteiger partial charge in [0.1, 0.15) is 11.8 Å². The van der Waals surface area contributed by atoms with Crippen molar-refractivity contribution in [2.24, 2.45) is 5.73 Å². The Morgan fingerprint density at radius 1 is 1.31 bits per heavy atom. The van der Waals surface area contributed by atoms with Crippen molar-refractivity contribution in [2.75, 3.05) is 6.61 Å². The fourth-order valence-electron chi connectivity index (χ4n) is 2.84. The number of aliphatic hydroxyl groups excluding tert-OH is 2. The normalized spacial score (nSPS) is 20.5. The molecular formula is C20H19FN2O3. The molecule has 26 heavy (non-hydrogen) atoms. The summed E-state index contributed by atoms with van der Waals surface area (Å²) in [4.78, 5) is 15.5. The number of hydrogen-bond acceptors (Lipinski definition) is 4. The SMILES string of the molecule is NC(=O)c1cc(C(O)CO)cc(C2(F)C=CC(c3ccccc3)=CC2)n1. The number of hydrogen-bond donors (Lipinski definition) is 3. The van der Waals surface area contributed by atoms with Crippen LogP contribution in [0.15, 0.2) is 60.7 Å². The first kappa shape index (κ1) is 18.0. The number of benzene rings is 1. The molecule has 0 bridgehead atoms. The lowest BCUT2D eigenvalue weighted by Crippen LogP contribution is -2.24. The second kappa shape index (κ2) is 7.19. The van der Waals surface area contributed by atoms with Crippen LogP contribution in [0.1, 0.15) is 39.8 Å². The predicted molar refractivity (Wildman–Crippen MR) is 95.8 cm³/mol. The predicted octanol–water partition coefficient (Wildman–Crippen LogP) is 2.41. The van der Waals surface area contributed by atoms with Gasteiger partial charge in [0.15, 0.2) is 5.67 Å². The van der Waals surface area contributed by atoms with E-state index in [4.69, 9.17) is 10.8 Å². The zero-order chi connectivity index (χ0) is 18.7. The quantitative estimate of drug-likeness (QED) is 0.768. The summed E-state index contributed by atoms with van der Waals surface area (Å²) in [7, 11) is 0. The lowest BCUT2D eigenvalue weighted by atomic mass is 9.87. The van der Waals surface area contributed by atoms with E-state index in [1.807, 2.05) is 30.3 Å². The molecule has 2 aromatic rings. The molecule has 1 amide bonds. The van der Waals surface area contributed by atoms with Crippen LogP contribution in [0.2, 0.25) is 0 Å². The van der Waals surface area contributed by atoms with Crippen LogP contribution < -0.4 is 5.73 Å². The van der Waals surface area contributed by atoms with Gasteiger partial charge in [-0.3, -0.25) is 4.79 Å². The van der Waals surface area contributed by atoms with Crippen LogP contribution in [0.3, 0.4) is 0 Å². The van der Waals surface area contributed by atoms with E-state index < -0.39 is 24.3 Å². The third-order valence-corrected chi connectivity index (χ3v) is 4.34. The first-order valence-electron chi connectivity index (χ1n) is 8.18. The molecule has 134 valence electrons. The van der Waals surface area contributed by atoms with Gasteiger partial charge in [0.05, 0.1) is 12.3 Å². The number of pyridine rings is 1. The maximum atomic E-state index is 15.5. The fourth-order valence-corrected chi connectivity index (χ4v) is 2.84. The number of carbonyl (C=O) groups excluding carboxylic acids is 1. The van der Waals surface area contributed by atoms with Crippen LogP contribution in [0.5, 0.6) is 0 Å². The molecule has 0 saturated carbocycles. The molecule has 5 nitrogen and oxygen atoms in total. The Morgan fingerprint density at radius 2 is 2.04 bits per heavy atom. The molecule has 1 aromatic heterocycles. The number of nitrogens with zero attached hydrogens (tertiary/aromatic N) is 1. The second-order valence-electron chi connectivity index (χ2n) is 6.16. The van der Waals surface area contributed by atoms with Crippen LogP contribution in [0, 0.1) is 0 Å². The summed E-state index contributed by atoms with van der Waals surface area (Å²) < 4.78 is 15.5. The van der Waals surface area contributed by atoms with Gasteiger partial charge in [-0.2, -0.15) is 0 Å². The van der Waals surface area contributed by atoms with Crippen molar-refractivity contribution in [1.29, 1.82) is 0 Å². The first-order chi connectivity index (χ1) is 12.4. The van der Waals surface area contributed by atoms with E-state index in [9.17, 15) is 9.90 Å². The van der Waals surface area contributed by atoms with Crippen molar-refractivity contribution in [3.05, 3.63) is 83.2 Å². The Kier molecular flexibility index (Phi) is 4.97. The molecule has 3 rings (SSSR count). The second-order valence-corrected chi connectivity index (χ2v) is 6.16. The molecule has 1 aliphatic rings. The summed E-state index contributed by atoms with van der Waals surface area (Å²) in [6, 6.07) is 12.2. The molecule has 0 spiro atoms. The summed E-state index contributed by atoms with van der Waals surface area (Å²) in [6.45, 7) is -0.561. The van der Waals surface area contributed by atoms with Crippen LogP contribution in [-0.2, 0) is 5.67 Å². The molecule has 6 heteroatoms. The van der Waals surface area contributed by atoms with E-state index in [1.165, 1.54) is 18.2 Å². The zero-order valence-electron chi connectivity index (χ0n) is 14.0. The molecule has 1 aromatic carbocycles. The number of halogens is 1. The molecule has 0 radical (unpaired) electrons. The monoisotopic (exact) mass is 354 g/mol. The Hall–Kier alpha value is -2.83. The Morgan fingerprint density at radius 3 is 2.62 bits per heavy atom. The molecule has 1 heterocycles. The lowest BCUT2D eigenvalue weighted by Gasteiger charge is -2.25. The van der Waals surface area contributed by atoms with Crippen molar-refractivity contribution in [2.45, 2.75) is 18.2 Å². The van der Waals surface area contributed by atoms with Crippen LogP contribution in [0.25, 0.3) is 5.57 Å². The van der Waals surface area contributed by atoms with Gasteiger partial charge in [0.25, 0.3) is 5.91 Å². The molecular weight excluding hydrogens is 335 g/mol. The topological polar surface area (TPSA) is 96.4 Å². The smallest absolute Gasteiger partial charge is 0.267 e. The number of carbonyl (C=O) groups is 1. The van der Waals surface area contributed by atoms with Crippen molar-refractivity contribution in [1.82, 2.24) is 4.98 Å². The average molecular weight is 354 g/mol. The van der Waals surface area contributed by atoms with Gasteiger partial charge in [0.2, 0.25) is 0 Å². The van der Waals surface area contributed by atoms with Crippen molar-refractivity contribution in [3.63, 3.8) is 0 Å². The van der Waals surface area contributed by atoms with Crippen molar-refractivity contribution < 1.29 is 19.4 Å². The Bertz CT molecular complexity index is 880. The van der Waals surface area contributed by atoms with Gasteiger partial charge < -0.3 is 15.9 Å². The molecule has 1 aliphatic carbocycles. The number of aliphatic hydroxyl groups is 2. The average Bonchev–Trinajstić information content (AvgIpc) is 2.68. The third kappa shape index (κ3) is 3.56. The highest BCUT2D eigenvalue weighted by atomic mass is 19.1. The molecule has 0 fully saturated rings. The minimum atomic E-state index is -1.94. The van der Waals surface area contributed by atoms with E-state index in [0.717, 1.165) is 11.1 Å². The number of amides is 1. The van der Waals surface area contributed by atoms with E-state index in [0.29, 0.717) is 0 Å². The standard InChI is InChI=1S/C20H19FN2O3/c21-20(8-6-14(7-9-20)13-4-2-1-3-5-13)18-11-15(17(25)12-24)10-16(23-18)19(22)26/h1-8,10-11,17,24-25H,9,12H2,(H2,22,26). The van der Waals surface area contributed by atoms with E-state index in [-0.39, 0.29) is 23.4 Å². The summed E-state index contributed by atoms with van der Waals surface area (Å²) in [5, 5.41) is 19.0. The number of allylic oxidation sites excluding steroid dienone is 4. The van der Waals surface area contributed by atoms with Crippen molar-refractivity contribution >= 4 is 11.5 Å². The molecule has 4 N–H and O–H groups in total. The van der Waals surface area contributed by atoms with E-state index in [1.54, 1.807) is 12.2 Å². The summed E-state index contributed by atoms with van der Waals surface area (Å²) >= 11 is 0. The fraction of sp³-hybridized carbons (Fsp3) is 0.200. The van der Waals surface area contributed by atoms with Crippen LogP contribution in [-0.4, -0.2) is 27.7 Å². The number of aromatic nitrogens is 1. The minimum absolute atomic E-state index is 0.0254. The number of nitrogens with two attached hydrogens (primary N) is 1. The molecule has 2 atom stereocenters. The lowest BCUT2D eigenvalue weighted by molar-refractivity contribution is 0.0942. The van der Waals surface area contributed by atoms with Crippen molar-refractivity contribution in [3.8, 4) is 0 Å². The van der Waals surface area contributed by atoms with Gasteiger partial charge >= 0.3 is 0 Å². The van der Waals surface area contributed by atoms with Gasteiger partial charge in [-0.1, -0.05) is 42.5 Å². The first-order valence-corrected chi connectivity index (χ1v) is 8.18. The molecule has 2 unspecified atom stereocenters. The Labute approximate surface area is 150 Å². The zero-order valence-corrected chi connectivity index (χ0v) is 14.0. The maximum absolute atomic E-state index is 15.5. The van der Waals surface area contributed by atoms with E-state index in [2.05, 4.69) is 4.98 Å². The van der Waals surface area contributed by atoms with Gasteiger partial charge in [-0.25, -0.2) is 9.37 Å². The number of primary amides is 1. The largest absolute Gasteiger partial charge is 0.393 e. The highest BCUT2D eigenvalue weighted by Gasteiger charge is 2.33.